The number of benzene rings is 2. The van der Waals surface area contributed by atoms with Crippen LogP contribution in [0, 0.1) is 5.82 Å². The molecule has 1 aliphatic rings. The van der Waals surface area contributed by atoms with Crippen LogP contribution in [0.4, 0.5) is 21.5 Å². The highest BCUT2D eigenvalue weighted by atomic mass is 19.1. The summed E-state index contributed by atoms with van der Waals surface area (Å²) >= 11 is 0. The van der Waals surface area contributed by atoms with E-state index in [1.165, 1.54) is 12.1 Å². The molecule has 0 fully saturated rings. The Morgan fingerprint density at radius 1 is 1.05 bits per heavy atom. The van der Waals surface area contributed by atoms with Gasteiger partial charge in [-0.1, -0.05) is 12.1 Å². The number of anilines is 3. The summed E-state index contributed by atoms with van der Waals surface area (Å²) in [5.74, 6) is -0.304. The lowest BCUT2D eigenvalue weighted by molar-refractivity contribution is -0.117. The molecule has 96 valence electrons. The van der Waals surface area contributed by atoms with Crippen LogP contribution in [0.2, 0.25) is 0 Å². The SMILES string of the molecule is O=C1CCNc2ccccc2N1c1ccc(F)cc1. The number of halogens is 1. The van der Waals surface area contributed by atoms with Crippen LogP contribution in [-0.2, 0) is 4.79 Å². The third-order valence-corrected chi connectivity index (χ3v) is 3.13. The van der Waals surface area contributed by atoms with Crippen LogP contribution in [-0.4, -0.2) is 12.5 Å². The van der Waals surface area contributed by atoms with Crippen molar-refractivity contribution >= 4 is 23.0 Å². The minimum Gasteiger partial charge on any atom is -0.383 e. The van der Waals surface area contributed by atoms with E-state index in [1.54, 1.807) is 17.0 Å². The molecule has 19 heavy (non-hydrogen) atoms. The molecule has 0 atom stereocenters. The first-order valence-corrected chi connectivity index (χ1v) is 6.17. The second kappa shape index (κ2) is 4.72. The maximum atomic E-state index is 13.0. The second-order valence-electron chi connectivity index (χ2n) is 4.40. The molecule has 0 aromatic heterocycles. The van der Waals surface area contributed by atoms with Gasteiger partial charge in [0, 0.05) is 18.7 Å². The lowest BCUT2D eigenvalue weighted by Crippen LogP contribution is -2.25. The van der Waals surface area contributed by atoms with E-state index in [2.05, 4.69) is 5.32 Å². The molecule has 1 aliphatic heterocycles. The summed E-state index contributed by atoms with van der Waals surface area (Å²) in [5, 5.41) is 3.23. The molecule has 1 N–H and O–H groups in total. The molecule has 2 aromatic rings. The Morgan fingerprint density at radius 2 is 1.79 bits per heavy atom. The quantitative estimate of drug-likeness (QED) is 0.849. The standard InChI is InChI=1S/C15H13FN2O/c16-11-5-7-12(8-6-11)18-14-4-2-1-3-13(14)17-10-9-15(18)19/h1-8,17H,9-10H2. The van der Waals surface area contributed by atoms with Crippen molar-refractivity contribution in [3.63, 3.8) is 0 Å². The van der Waals surface area contributed by atoms with E-state index >= 15 is 0 Å². The van der Waals surface area contributed by atoms with Crippen molar-refractivity contribution in [2.24, 2.45) is 0 Å². The van der Waals surface area contributed by atoms with E-state index in [0.29, 0.717) is 18.7 Å². The molecule has 3 nitrogen and oxygen atoms in total. The number of hydrogen-bond acceptors (Lipinski definition) is 2. The van der Waals surface area contributed by atoms with Crippen LogP contribution in [0.15, 0.2) is 48.5 Å². The molecule has 2 aromatic carbocycles. The lowest BCUT2D eigenvalue weighted by atomic mass is 10.2. The van der Waals surface area contributed by atoms with Crippen molar-refractivity contribution in [3.8, 4) is 0 Å². The van der Waals surface area contributed by atoms with E-state index in [4.69, 9.17) is 0 Å². The normalized spacial score (nSPS) is 14.6. The summed E-state index contributed by atoms with van der Waals surface area (Å²) in [5.41, 5.74) is 2.40. The number of rotatable bonds is 1. The molecule has 4 heteroatoms. The molecule has 3 rings (SSSR count). The molecule has 0 radical (unpaired) electrons. The summed E-state index contributed by atoms with van der Waals surface area (Å²) in [4.78, 5) is 13.9. The Hall–Kier alpha value is -2.36. The average molecular weight is 256 g/mol. The van der Waals surface area contributed by atoms with E-state index in [1.807, 2.05) is 24.3 Å². The monoisotopic (exact) mass is 256 g/mol. The number of amides is 1. The smallest absolute Gasteiger partial charge is 0.233 e. The Labute approximate surface area is 110 Å². The summed E-state index contributed by atoms with van der Waals surface area (Å²) in [6.07, 6.45) is 0.409. The highest BCUT2D eigenvalue weighted by Crippen LogP contribution is 2.34. The fourth-order valence-corrected chi connectivity index (χ4v) is 2.24. The topological polar surface area (TPSA) is 32.3 Å². The van der Waals surface area contributed by atoms with Gasteiger partial charge in [-0.3, -0.25) is 9.69 Å². The van der Waals surface area contributed by atoms with Gasteiger partial charge in [-0.15, -0.1) is 0 Å². The Balaban J connectivity index is 2.12. The predicted molar refractivity (Wildman–Crippen MR) is 73.1 cm³/mol. The lowest BCUT2D eigenvalue weighted by Gasteiger charge is -2.22. The molecule has 0 saturated heterocycles. The maximum absolute atomic E-state index is 13.0. The van der Waals surface area contributed by atoms with Crippen LogP contribution in [0.25, 0.3) is 0 Å². The van der Waals surface area contributed by atoms with Gasteiger partial charge in [0.25, 0.3) is 0 Å². The van der Waals surface area contributed by atoms with Crippen molar-refractivity contribution < 1.29 is 9.18 Å². The highest BCUT2D eigenvalue weighted by Gasteiger charge is 2.23. The first-order chi connectivity index (χ1) is 9.25. The van der Waals surface area contributed by atoms with Gasteiger partial charge in [0.15, 0.2) is 0 Å². The molecule has 1 heterocycles. The van der Waals surface area contributed by atoms with Crippen LogP contribution >= 0.6 is 0 Å². The predicted octanol–water partition coefficient (Wildman–Crippen LogP) is 3.31. The van der Waals surface area contributed by atoms with Crippen LogP contribution in [0.5, 0.6) is 0 Å². The second-order valence-corrected chi connectivity index (χ2v) is 4.40. The zero-order valence-corrected chi connectivity index (χ0v) is 10.3. The van der Waals surface area contributed by atoms with Gasteiger partial charge in [-0.2, -0.15) is 0 Å². The fourth-order valence-electron chi connectivity index (χ4n) is 2.24. The molecule has 0 unspecified atom stereocenters. The number of nitrogens with zero attached hydrogens (tertiary/aromatic N) is 1. The van der Waals surface area contributed by atoms with E-state index < -0.39 is 0 Å². The first-order valence-electron chi connectivity index (χ1n) is 6.17. The Morgan fingerprint density at radius 3 is 2.58 bits per heavy atom. The highest BCUT2D eigenvalue weighted by molar-refractivity contribution is 6.04. The minimum absolute atomic E-state index is 0.00376. The zero-order chi connectivity index (χ0) is 13.2. The Kier molecular flexibility index (Phi) is 2.91. The molecule has 1 amide bonds. The van der Waals surface area contributed by atoms with Gasteiger partial charge >= 0.3 is 0 Å². The van der Waals surface area contributed by atoms with E-state index in [9.17, 15) is 9.18 Å². The number of carbonyl (C=O) groups excluding carboxylic acids is 1. The van der Waals surface area contributed by atoms with Crippen molar-refractivity contribution in [1.29, 1.82) is 0 Å². The third-order valence-electron chi connectivity index (χ3n) is 3.13. The molecular formula is C15H13FN2O. The first kappa shape index (κ1) is 11.7. The van der Waals surface area contributed by atoms with Crippen molar-refractivity contribution in [2.75, 3.05) is 16.8 Å². The Bertz CT molecular complexity index is 610. The van der Waals surface area contributed by atoms with Gasteiger partial charge in [0.1, 0.15) is 5.82 Å². The van der Waals surface area contributed by atoms with Crippen LogP contribution in [0.3, 0.4) is 0 Å². The summed E-state index contributed by atoms with van der Waals surface area (Å²) in [6.45, 7) is 0.605. The average Bonchev–Trinajstić information content (AvgIpc) is 2.58. The zero-order valence-electron chi connectivity index (χ0n) is 10.3. The fraction of sp³-hybridized carbons (Fsp3) is 0.133. The number of carbonyl (C=O) groups is 1. The molecule has 0 bridgehead atoms. The number of fused-ring (bicyclic) bond motifs is 1. The number of nitrogens with one attached hydrogen (secondary N) is 1. The van der Waals surface area contributed by atoms with Crippen LogP contribution < -0.4 is 10.2 Å². The summed E-state index contributed by atoms with van der Waals surface area (Å²) in [7, 11) is 0. The summed E-state index contributed by atoms with van der Waals surface area (Å²) < 4.78 is 13.0. The van der Waals surface area contributed by atoms with Crippen molar-refractivity contribution in [2.45, 2.75) is 6.42 Å². The molecular weight excluding hydrogens is 243 g/mol. The number of para-hydroxylation sites is 2. The van der Waals surface area contributed by atoms with Gasteiger partial charge in [-0.25, -0.2) is 4.39 Å². The van der Waals surface area contributed by atoms with Crippen LogP contribution in [0.1, 0.15) is 6.42 Å². The third kappa shape index (κ3) is 2.17. The van der Waals surface area contributed by atoms with Gasteiger partial charge in [0.05, 0.1) is 11.4 Å². The number of hydrogen-bond donors (Lipinski definition) is 1. The molecule has 0 aliphatic carbocycles. The van der Waals surface area contributed by atoms with Crippen molar-refractivity contribution in [3.05, 3.63) is 54.3 Å². The van der Waals surface area contributed by atoms with Gasteiger partial charge < -0.3 is 5.32 Å². The minimum atomic E-state index is -0.308. The largest absolute Gasteiger partial charge is 0.383 e. The van der Waals surface area contributed by atoms with Gasteiger partial charge in [-0.05, 0) is 36.4 Å². The summed E-state index contributed by atoms with van der Waals surface area (Å²) in [6, 6.07) is 13.6. The maximum Gasteiger partial charge on any atom is 0.233 e. The van der Waals surface area contributed by atoms with E-state index in [-0.39, 0.29) is 11.7 Å². The van der Waals surface area contributed by atoms with Crippen molar-refractivity contribution in [1.82, 2.24) is 0 Å². The molecule has 0 spiro atoms. The van der Waals surface area contributed by atoms with Gasteiger partial charge in [0.2, 0.25) is 5.91 Å². The van der Waals surface area contributed by atoms with E-state index in [0.717, 1.165) is 11.4 Å². The molecule has 0 saturated carbocycles.